The van der Waals surface area contributed by atoms with Crippen molar-refractivity contribution in [3.05, 3.63) is 65.7 Å². The van der Waals surface area contributed by atoms with Crippen LogP contribution < -0.4 is 10.6 Å². The Kier molecular flexibility index (Phi) is 7.77. The lowest BCUT2D eigenvalue weighted by Gasteiger charge is -2.15. The highest BCUT2D eigenvalue weighted by atomic mass is 32.2. The summed E-state index contributed by atoms with van der Waals surface area (Å²) in [6.07, 6.45) is 2.66. The highest BCUT2D eigenvalue weighted by Crippen LogP contribution is 2.30. The summed E-state index contributed by atoms with van der Waals surface area (Å²) in [5, 5.41) is 16.9. The summed E-state index contributed by atoms with van der Waals surface area (Å²) in [4.78, 5) is 37.5. The Morgan fingerprint density at radius 3 is 2.53 bits per heavy atom. The fourth-order valence-electron chi connectivity index (χ4n) is 3.25. The topological polar surface area (TPSA) is 125 Å². The van der Waals surface area contributed by atoms with Crippen molar-refractivity contribution in [3.63, 3.8) is 0 Å². The van der Waals surface area contributed by atoms with E-state index in [0.29, 0.717) is 0 Å². The van der Waals surface area contributed by atoms with E-state index in [9.17, 15) is 14.4 Å². The van der Waals surface area contributed by atoms with Gasteiger partial charge in [0.15, 0.2) is 5.17 Å². The molecule has 1 fully saturated rings. The van der Waals surface area contributed by atoms with Gasteiger partial charge in [-0.25, -0.2) is 9.69 Å². The number of benzene rings is 2. The Morgan fingerprint density at radius 1 is 1.12 bits per heavy atom. The van der Waals surface area contributed by atoms with E-state index in [1.54, 1.807) is 0 Å². The fraction of sp³-hybridized carbons (Fsp3) is 0.261. The fourth-order valence-corrected chi connectivity index (χ4v) is 4.06. The molecule has 0 bridgehead atoms. The Morgan fingerprint density at radius 2 is 1.84 bits per heavy atom. The summed E-state index contributed by atoms with van der Waals surface area (Å²) in [5.74, 6) is -2.01. The van der Waals surface area contributed by atoms with Gasteiger partial charge >= 0.3 is 5.97 Å². The molecule has 9 heteroatoms. The van der Waals surface area contributed by atoms with Gasteiger partial charge in [-0.3, -0.25) is 9.59 Å². The first kappa shape index (κ1) is 23.2. The van der Waals surface area contributed by atoms with Gasteiger partial charge in [0.05, 0.1) is 17.0 Å². The van der Waals surface area contributed by atoms with Crippen molar-refractivity contribution < 1.29 is 19.5 Å². The number of imide groups is 1. The maximum atomic E-state index is 12.8. The number of anilines is 1. The number of aromatic carboxylic acids is 1. The van der Waals surface area contributed by atoms with Crippen molar-refractivity contribution in [1.29, 1.82) is 0 Å². The minimum Gasteiger partial charge on any atom is -0.478 e. The van der Waals surface area contributed by atoms with Gasteiger partial charge < -0.3 is 10.8 Å². The van der Waals surface area contributed by atoms with Crippen molar-refractivity contribution in [2.24, 2.45) is 15.9 Å². The van der Waals surface area contributed by atoms with Gasteiger partial charge in [-0.05, 0) is 36.6 Å². The number of nitrogens with two attached hydrogens (primary N) is 1. The number of carbonyl (C=O) groups excluding carboxylic acids is 2. The monoisotopic (exact) mass is 452 g/mol. The Hall–Kier alpha value is -3.46. The van der Waals surface area contributed by atoms with Crippen LogP contribution in [0.3, 0.4) is 0 Å². The molecule has 0 aliphatic carbocycles. The minimum absolute atomic E-state index is 0.00450. The molecule has 0 saturated carbocycles. The van der Waals surface area contributed by atoms with Crippen LogP contribution in [0.2, 0.25) is 0 Å². The first-order valence-electron chi connectivity index (χ1n) is 10.2. The summed E-state index contributed by atoms with van der Waals surface area (Å²) in [6.45, 7) is 2.09. The quantitative estimate of drug-likeness (QED) is 0.272. The molecule has 1 saturated heterocycles. The van der Waals surface area contributed by atoms with Crippen molar-refractivity contribution in [1.82, 2.24) is 0 Å². The molecule has 2 aromatic carbocycles. The average molecular weight is 453 g/mol. The summed E-state index contributed by atoms with van der Waals surface area (Å²) >= 11 is 0.981. The molecule has 1 aliphatic heterocycles. The van der Waals surface area contributed by atoms with Gasteiger partial charge in [-0.1, -0.05) is 61.5 Å². The van der Waals surface area contributed by atoms with Gasteiger partial charge in [-0.15, -0.1) is 5.10 Å². The third-order valence-corrected chi connectivity index (χ3v) is 5.84. The lowest BCUT2D eigenvalue weighted by Crippen LogP contribution is -2.32. The first-order chi connectivity index (χ1) is 15.4. The van der Waals surface area contributed by atoms with Crippen LogP contribution in [0.5, 0.6) is 0 Å². The number of hydrogen-bond donors (Lipinski definition) is 2. The third kappa shape index (κ3) is 5.61. The molecule has 0 spiro atoms. The molecule has 32 heavy (non-hydrogen) atoms. The van der Waals surface area contributed by atoms with Gasteiger partial charge in [0, 0.05) is 6.42 Å². The molecule has 1 atom stereocenters. The van der Waals surface area contributed by atoms with Crippen LogP contribution in [0.4, 0.5) is 5.69 Å². The van der Waals surface area contributed by atoms with Crippen molar-refractivity contribution in [3.8, 4) is 0 Å². The second kappa shape index (κ2) is 10.7. The van der Waals surface area contributed by atoms with E-state index in [2.05, 4.69) is 17.1 Å². The number of carboxylic acid groups (broad SMARTS) is 1. The molecule has 2 aromatic rings. The molecule has 1 unspecified atom stereocenters. The van der Waals surface area contributed by atoms with Crippen molar-refractivity contribution in [2.45, 2.75) is 37.9 Å². The normalized spacial score (nSPS) is 17.2. The number of amides is 2. The molecule has 1 aliphatic rings. The summed E-state index contributed by atoms with van der Waals surface area (Å²) in [5.41, 5.74) is 7.99. The maximum Gasteiger partial charge on any atom is 0.335 e. The molecule has 3 rings (SSSR count). The number of amidine groups is 1. The molecule has 1 heterocycles. The molecular weight excluding hydrogens is 428 g/mol. The number of carbonyl (C=O) groups is 3. The zero-order chi connectivity index (χ0) is 23.1. The number of thioether (sulfide) groups is 1. The lowest BCUT2D eigenvalue weighted by molar-refractivity contribution is -0.121. The summed E-state index contributed by atoms with van der Waals surface area (Å²) < 4.78 is 0. The zero-order valence-electron chi connectivity index (χ0n) is 17.6. The standard InChI is InChI=1S/C23H24N4O4S/c1-2-3-12-18(15-8-5-4-6-9-15)25-26-23(24)32-19-14-20(28)27(21(19)29)17-11-7-10-16(13-17)22(30)31/h4-11,13,19H,2-3,12,14H2,1H3,(H2,24,26)(H,30,31)/b25-18+. The number of hydrogen-bond acceptors (Lipinski definition) is 6. The molecule has 166 valence electrons. The van der Waals surface area contributed by atoms with Crippen LogP contribution in [0.25, 0.3) is 0 Å². The molecule has 2 amide bonds. The summed E-state index contributed by atoms with van der Waals surface area (Å²) in [7, 11) is 0. The van der Waals surface area contributed by atoms with Crippen LogP contribution in [-0.2, 0) is 9.59 Å². The van der Waals surface area contributed by atoms with E-state index < -0.39 is 23.0 Å². The molecule has 0 radical (unpaired) electrons. The Balaban J connectivity index is 1.75. The Labute approximate surface area is 190 Å². The maximum absolute atomic E-state index is 12.8. The number of unbranched alkanes of at least 4 members (excludes halogenated alkanes) is 1. The van der Waals surface area contributed by atoms with Crippen molar-refractivity contribution in [2.75, 3.05) is 4.90 Å². The highest BCUT2D eigenvalue weighted by molar-refractivity contribution is 8.14. The first-order valence-corrected chi connectivity index (χ1v) is 11.1. The van der Waals surface area contributed by atoms with Crippen LogP contribution in [0.15, 0.2) is 64.8 Å². The van der Waals surface area contributed by atoms with E-state index in [-0.39, 0.29) is 22.8 Å². The van der Waals surface area contributed by atoms with Crippen LogP contribution in [0.1, 0.15) is 48.5 Å². The predicted molar refractivity (Wildman–Crippen MR) is 126 cm³/mol. The average Bonchev–Trinajstić information content (AvgIpc) is 3.07. The van der Waals surface area contributed by atoms with Crippen LogP contribution in [-0.4, -0.2) is 39.0 Å². The second-order valence-electron chi connectivity index (χ2n) is 7.19. The van der Waals surface area contributed by atoms with E-state index in [1.807, 2.05) is 30.3 Å². The van der Waals surface area contributed by atoms with Crippen molar-refractivity contribution >= 4 is 46.1 Å². The summed E-state index contributed by atoms with van der Waals surface area (Å²) in [6, 6.07) is 15.4. The molecule has 0 aromatic heterocycles. The van der Waals surface area contributed by atoms with Crippen LogP contribution >= 0.6 is 11.8 Å². The van der Waals surface area contributed by atoms with Gasteiger partial charge in [0.1, 0.15) is 5.25 Å². The largest absolute Gasteiger partial charge is 0.478 e. The lowest BCUT2D eigenvalue weighted by atomic mass is 10.1. The Bertz CT molecular complexity index is 1070. The van der Waals surface area contributed by atoms with Gasteiger partial charge in [0.25, 0.3) is 0 Å². The zero-order valence-corrected chi connectivity index (χ0v) is 18.4. The number of carboxylic acids is 1. The smallest absolute Gasteiger partial charge is 0.335 e. The number of nitrogens with zero attached hydrogens (tertiary/aromatic N) is 3. The third-order valence-electron chi connectivity index (χ3n) is 4.86. The molecular formula is C23H24N4O4S. The minimum atomic E-state index is -1.14. The number of rotatable bonds is 8. The van der Waals surface area contributed by atoms with Crippen LogP contribution in [0, 0.1) is 0 Å². The van der Waals surface area contributed by atoms with E-state index >= 15 is 0 Å². The van der Waals surface area contributed by atoms with E-state index in [0.717, 1.165) is 47.2 Å². The highest BCUT2D eigenvalue weighted by Gasteiger charge is 2.40. The second-order valence-corrected chi connectivity index (χ2v) is 8.41. The predicted octanol–water partition coefficient (Wildman–Crippen LogP) is 3.66. The van der Waals surface area contributed by atoms with E-state index in [4.69, 9.17) is 10.8 Å². The van der Waals surface area contributed by atoms with Gasteiger partial charge in [0.2, 0.25) is 11.8 Å². The van der Waals surface area contributed by atoms with Gasteiger partial charge in [-0.2, -0.15) is 5.10 Å². The molecule has 8 nitrogen and oxygen atoms in total. The van der Waals surface area contributed by atoms with E-state index in [1.165, 1.54) is 24.3 Å². The SMILES string of the molecule is CCCC/C(=N\N=C(/N)SC1CC(=O)N(c2cccc(C(=O)O)c2)C1=O)c1ccccc1. The molecule has 3 N–H and O–H groups in total.